The van der Waals surface area contributed by atoms with Gasteiger partial charge in [-0.25, -0.2) is 9.18 Å². The number of benzene rings is 1. The fourth-order valence-corrected chi connectivity index (χ4v) is 3.07. The Morgan fingerprint density at radius 1 is 1.44 bits per heavy atom. The highest BCUT2D eigenvalue weighted by Gasteiger charge is 2.28. The van der Waals surface area contributed by atoms with Crippen LogP contribution in [0.2, 0.25) is 0 Å². The van der Waals surface area contributed by atoms with E-state index in [-0.39, 0.29) is 23.7 Å². The molecule has 3 amide bonds. The number of nitrogens with zero attached hydrogens (tertiary/aromatic N) is 1. The molecule has 1 saturated heterocycles. The lowest BCUT2D eigenvalue weighted by atomic mass is 10.0. The molecule has 0 aliphatic carbocycles. The molecule has 2 aliphatic rings. The molecule has 1 fully saturated rings. The van der Waals surface area contributed by atoms with Gasteiger partial charge in [-0.3, -0.25) is 4.79 Å². The summed E-state index contributed by atoms with van der Waals surface area (Å²) in [5, 5.41) is 5.29. The van der Waals surface area contributed by atoms with E-state index in [1.165, 1.54) is 6.07 Å². The third kappa shape index (κ3) is 4.28. The topological polar surface area (TPSA) is 70.7 Å². The average Bonchev–Trinajstić information content (AvgIpc) is 3.03. The van der Waals surface area contributed by atoms with Gasteiger partial charge in [-0.15, -0.1) is 0 Å². The quantitative estimate of drug-likeness (QED) is 0.878. The third-order valence-corrected chi connectivity index (χ3v) is 4.43. The van der Waals surface area contributed by atoms with E-state index in [1.54, 1.807) is 11.0 Å². The normalized spacial score (nSPS) is 19.8. The fraction of sp³-hybridized carbons (Fsp3) is 0.556. The highest BCUT2D eigenvalue weighted by molar-refractivity contribution is 5.95. The van der Waals surface area contributed by atoms with Gasteiger partial charge in [0.2, 0.25) is 5.91 Å². The van der Waals surface area contributed by atoms with Crippen LogP contribution in [0.1, 0.15) is 32.3 Å². The predicted molar refractivity (Wildman–Crippen MR) is 93.1 cm³/mol. The van der Waals surface area contributed by atoms with Crippen molar-refractivity contribution in [3.63, 3.8) is 0 Å². The van der Waals surface area contributed by atoms with Gasteiger partial charge in [0.25, 0.3) is 0 Å². The van der Waals surface area contributed by atoms with Crippen LogP contribution in [0, 0.1) is 11.7 Å². The van der Waals surface area contributed by atoms with Gasteiger partial charge >= 0.3 is 6.03 Å². The maximum Gasteiger partial charge on any atom is 0.322 e. The Kier molecular flexibility index (Phi) is 5.22. The van der Waals surface area contributed by atoms with Crippen LogP contribution in [-0.4, -0.2) is 42.6 Å². The van der Waals surface area contributed by atoms with Gasteiger partial charge < -0.3 is 20.3 Å². The van der Waals surface area contributed by atoms with Crippen LogP contribution in [0.3, 0.4) is 0 Å². The standard InChI is InChI=1S/C18H24FN3O3/c1-11(2)10-25-13-5-6-22(9-13)18(24)21-16-7-12-3-4-17(23)20-15(12)8-14(16)19/h7-8,11,13H,3-6,9-10H2,1-2H3,(H,20,23)(H,21,24). The van der Waals surface area contributed by atoms with Crippen LogP contribution < -0.4 is 10.6 Å². The molecule has 0 aromatic heterocycles. The molecule has 1 atom stereocenters. The first-order chi connectivity index (χ1) is 11.9. The number of anilines is 2. The highest BCUT2D eigenvalue weighted by Crippen LogP contribution is 2.29. The monoisotopic (exact) mass is 349 g/mol. The molecule has 1 aromatic carbocycles. The summed E-state index contributed by atoms with van der Waals surface area (Å²) in [6.45, 7) is 5.95. The minimum atomic E-state index is -0.555. The largest absolute Gasteiger partial charge is 0.376 e. The summed E-state index contributed by atoms with van der Waals surface area (Å²) in [6, 6.07) is 2.54. The molecule has 0 spiro atoms. The second-order valence-corrected chi connectivity index (χ2v) is 7.05. The minimum absolute atomic E-state index is 0.0387. The van der Waals surface area contributed by atoms with Gasteiger partial charge in [0.1, 0.15) is 5.82 Å². The van der Waals surface area contributed by atoms with E-state index in [1.807, 2.05) is 0 Å². The molecule has 6 nitrogen and oxygen atoms in total. The second-order valence-electron chi connectivity index (χ2n) is 7.05. The number of nitrogens with one attached hydrogen (secondary N) is 2. The molecular formula is C18H24FN3O3. The first-order valence-corrected chi connectivity index (χ1v) is 8.72. The van der Waals surface area contributed by atoms with Crippen LogP contribution in [0.15, 0.2) is 12.1 Å². The molecule has 7 heteroatoms. The van der Waals surface area contributed by atoms with E-state index in [9.17, 15) is 14.0 Å². The van der Waals surface area contributed by atoms with Gasteiger partial charge in [0.15, 0.2) is 0 Å². The number of amides is 3. The maximum absolute atomic E-state index is 14.2. The summed E-state index contributed by atoms with van der Waals surface area (Å²) in [5.74, 6) is -0.220. The zero-order valence-corrected chi connectivity index (χ0v) is 14.6. The van der Waals surface area contributed by atoms with Crippen LogP contribution in [0.25, 0.3) is 0 Å². The van der Waals surface area contributed by atoms with Crippen molar-refractivity contribution in [1.29, 1.82) is 0 Å². The second kappa shape index (κ2) is 7.39. The molecule has 0 radical (unpaired) electrons. The van der Waals surface area contributed by atoms with Crippen LogP contribution in [0.4, 0.5) is 20.6 Å². The number of fused-ring (bicyclic) bond motifs is 1. The summed E-state index contributed by atoms with van der Waals surface area (Å²) >= 11 is 0. The first kappa shape index (κ1) is 17.7. The Morgan fingerprint density at radius 3 is 3.00 bits per heavy atom. The molecule has 1 aromatic rings. The van der Waals surface area contributed by atoms with Crippen molar-refractivity contribution >= 4 is 23.3 Å². The van der Waals surface area contributed by atoms with Crippen LogP contribution in [0.5, 0.6) is 0 Å². The number of hydrogen-bond acceptors (Lipinski definition) is 3. The summed E-state index contributed by atoms with van der Waals surface area (Å²) in [6.07, 6.45) is 1.74. The van der Waals surface area contributed by atoms with E-state index in [0.29, 0.717) is 44.1 Å². The zero-order valence-electron chi connectivity index (χ0n) is 14.6. The van der Waals surface area contributed by atoms with Crippen LogP contribution in [-0.2, 0) is 16.0 Å². The SMILES string of the molecule is CC(C)COC1CCN(C(=O)Nc2cc3c(cc2F)NC(=O)CC3)C1. The molecule has 2 heterocycles. The number of likely N-dealkylation sites (tertiary alicyclic amines) is 1. The number of urea groups is 1. The first-order valence-electron chi connectivity index (χ1n) is 8.72. The van der Waals surface area contributed by atoms with Crippen molar-refractivity contribution in [2.45, 2.75) is 39.2 Å². The Morgan fingerprint density at radius 2 is 2.24 bits per heavy atom. The molecular weight excluding hydrogens is 325 g/mol. The summed E-state index contributed by atoms with van der Waals surface area (Å²) < 4.78 is 20.0. The number of hydrogen-bond donors (Lipinski definition) is 2. The van der Waals surface area contributed by atoms with E-state index in [4.69, 9.17) is 4.74 Å². The molecule has 0 bridgehead atoms. The van der Waals surface area contributed by atoms with E-state index >= 15 is 0 Å². The summed E-state index contributed by atoms with van der Waals surface area (Å²) in [4.78, 5) is 25.4. The van der Waals surface area contributed by atoms with Crippen molar-refractivity contribution in [2.24, 2.45) is 5.92 Å². The highest BCUT2D eigenvalue weighted by atomic mass is 19.1. The van der Waals surface area contributed by atoms with Crippen molar-refractivity contribution < 1.29 is 18.7 Å². The fourth-order valence-electron chi connectivity index (χ4n) is 3.07. The predicted octanol–water partition coefficient (Wildman–Crippen LogP) is 2.99. The third-order valence-electron chi connectivity index (χ3n) is 4.43. The van der Waals surface area contributed by atoms with Gasteiger partial charge in [-0.2, -0.15) is 0 Å². The average molecular weight is 349 g/mol. The molecule has 25 heavy (non-hydrogen) atoms. The molecule has 1 unspecified atom stereocenters. The number of halogens is 1. The summed E-state index contributed by atoms with van der Waals surface area (Å²) in [5.41, 5.74) is 1.46. The molecule has 3 rings (SSSR count). The minimum Gasteiger partial charge on any atom is -0.376 e. The Hall–Kier alpha value is -2.15. The Labute approximate surface area is 146 Å². The van der Waals surface area contributed by atoms with E-state index in [2.05, 4.69) is 24.5 Å². The van der Waals surface area contributed by atoms with Gasteiger partial charge in [-0.05, 0) is 36.5 Å². The maximum atomic E-state index is 14.2. The molecule has 2 N–H and O–H groups in total. The van der Waals surface area contributed by atoms with Crippen molar-refractivity contribution in [1.82, 2.24) is 4.90 Å². The summed E-state index contributed by atoms with van der Waals surface area (Å²) in [7, 11) is 0. The van der Waals surface area contributed by atoms with Crippen LogP contribution >= 0.6 is 0 Å². The lowest BCUT2D eigenvalue weighted by molar-refractivity contribution is -0.116. The molecule has 2 aliphatic heterocycles. The van der Waals surface area contributed by atoms with Gasteiger partial charge in [0.05, 0.1) is 11.8 Å². The lowest BCUT2D eigenvalue weighted by Gasteiger charge is -2.21. The number of carbonyl (C=O) groups excluding carboxylic acids is 2. The Bertz CT molecular complexity index is 678. The lowest BCUT2D eigenvalue weighted by Crippen LogP contribution is -2.34. The Balaban J connectivity index is 1.61. The van der Waals surface area contributed by atoms with Crippen molar-refractivity contribution in [2.75, 3.05) is 30.3 Å². The zero-order chi connectivity index (χ0) is 18.0. The van der Waals surface area contributed by atoms with Gasteiger partial charge in [-0.1, -0.05) is 13.8 Å². The van der Waals surface area contributed by atoms with Gasteiger partial charge in [0, 0.05) is 31.8 Å². The van der Waals surface area contributed by atoms with Crippen molar-refractivity contribution in [3.8, 4) is 0 Å². The number of carbonyl (C=O) groups is 2. The number of rotatable bonds is 4. The smallest absolute Gasteiger partial charge is 0.322 e. The number of ether oxygens (including phenoxy) is 1. The van der Waals surface area contributed by atoms with E-state index in [0.717, 1.165) is 12.0 Å². The van der Waals surface area contributed by atoms with Crippen molar-refractivity contribution in [3.05, 3.63) is 23.5 Å². The van der Waals surface area contributed by atoms with E-state index < -0.39 is 5.82 Å². The molecule has 136 valence electrons. The molecule has 0 saturated carbocycles. The number of aryl methyl sites for hydroxylation is 1.